The largest absolute Gasteiger partial charge is 0.381 e. The van der Waals surface area contributed by atoms with Gasteiger partial charge in [-0.15, -0.1) is 0 Å². The molecule has 0 aromatic carbocycles. The minimum atomic E-state index is -0.323. The molecular weight excluding hydrogens is 218 g/mol. The molecule has 0 bridgehead atoms. The lowest BCUT2D eigenvalue weighted by Gasteiger charge is -2.31. The zero-order valence-corrected chi connectivity index (χ0v) is 10.4. The van der Waals surface area contributed by atoms with Gasteiger partial charge in [-0.1, -0.05) is 0 Å². The molecule has 98 valence electrons. The van der Waals surface area contributed by atoms with Crippen LogP contribution in [0.1, 0.15) is 19.3 Å². The number of hydrogen-bond donors (Lipinski definition) is 2. The molecule has 0 aliphatic carbocycles. The molecule has 5 heteroatoms. The Morgan fingerprint density at radius 3 is 2.65 bits per heavy atom. The zero-order chi connectivity index (χ0) is 12.1. The van der Waals surface area contributed by atoms with E-state index in [1.54, 1.807) is 0 Å². The number of nitrogens with one attached hydrogen (secondary N) is 1. The Labute approximate surface area is 103 Å². The zero-order valence-electron chi connectivity index (χ0n) is 10.4. The summed E-state index contributed by atoms with van der Waals surface area (Å²) in [5.74, 6) is 0.684. The maximum absolute atomic E-state index is 12.1. The van der Waals surface area contributed by atoms with Gasteiger partial charge in [-0.05, 0) is 25.2 Å². The van der Waals surface area contributed by atoms with Gasteiger partial charge in [0.25, 0.3) is 0 Å². The van der Waals surface area contributed by atoms with Crippen molar-refractivity contribution in [3.05, 3.63) is 0 Å². The molecule has 5 nitrogen and oxygen atoms in total. The van der Waals surface area contributed by atoms with E-state index in [1.807, 2.05) is 4.90 Å². The maximum atomic E-state index is 12.1. The molecule has 2 fully saturated rings. The Morgan fingerprint density at radius 2 is 2.00 bits per heavy atom. The number of nitrogens with zero attached hydrogens (tertiary/aromatic N) is 1. The fraction of sp³-hybridized carbons (Fsp3) is 0.917. The van der Waals surface area contributed by atoms with E-state index < -0.39 is 0 Å². The number of carbonyl (C=O) groups is 1. The van der Waals surface area contributed by atoms with Crippen molar-refractivity contribution in [2.24, 2.45) is 11.7 Å². The van der Waals surface area contributed by atoms with Crippen molar-refractivity contribution in [1.82, 2.24) is 10.2 Å². The third-order valence-electron chi connectivity index (χ3n) is 3.67. The first-order valence-electron chi connectivity index (χ1n) is 6.60. The molecule has 3 N–H and O–H groups in total. The first-order chi connectivity index (χ1) is 8.27. The molecule has 1 amide bonds. The molecule has 1 atom stereocenters. The first-order valence-corrected chi connectivity index (χ1v) is 6.60. The van der Waals surface area contributed by atoms with Crippen molar-refractivity contribution < 1.29 is 9.53 Å². The van der Waals surface area contributed by atoms with E-state index >= 15 is 0 Å². The van der Waals surface area contributed by atoms with Crippen LogP contribution in [0.15, 0.2) is 0 Å². The van der Waals surface area contributed by atoms with Gasteiger partial charge in [0.1, 0.15) is 0 Å². The van der Waals surface area contributed by atoms with Crippen LogP contribution in [0.3, 0.4) is 0 Å². The summed E-state index contributed by atoms with van der Waals surface area (Å²) >= 11 is 0. The molecule has 2 rings (SSSR count). The molecule has 1 unspecified atom stereocenters. The van der Waals surface area contributed by atoms with Gasteiger partial charge in [0.05, 0.1) is 6.04 Å². The molecule has 17 heavy (non-hydrogen) atoms. The van der Waals surface area contributed by atoms with Gasteiger partial charge < -0.3 is 20.7 Å². The van der Waals surface area contributed by atoms with Crippen molar-refractivity contribution in [3.8, 4) is 0 Å². The highest BCUT2D eigenvalue weighted by molar-refractivity contribution is 5.81. The number of piperazine rings is 1. The average molecular weight is 241 g/mol. The molecular formula is C12H23N3O2. The second kappa shape index (κ2) is 6.33. The van der Waals surface area contributed by atoms with Crippen LogP contribution in [0.5, 0.6) is 0 Å². The number of rotatable bonds is 3. The van der Waals surface area contributed by atoms with Crippen LogP contribution in [0, 0.1) is 5.92 Å². The van der Waals surface area contributed by atoms with Crippen molar-refractivity contribution in [1.29, 1.82) is 0 Å². The van der Waals surface area contributed by atoms with Gasteiger partial charge in [0.2, 0.25) is 5.91 Å². The quantitative estimate of drug-likeness (QED) is 0.703. The lowest BCUT2D eigenvalue weighted by molar-refractivity contribution is -0.133. The molecule has 0 radical (unpaired) electrons. The van der Waals surface area contributed by atoms with E-state index in [-0.39, 0.29) is 11.9 Å². The molecule has 0 spiro atoms. The van der Waals surface area contributed by atoms with Gasteiger partial charge in [0, 0.05) is 39.4 Å². The fourth-order valence-electron chi connectivity index (χ4n) is 2.56. The summed E-state index contributed by atoms with van der Waals surface area (Å²) in [6, 6.07) is -0.323. The van der Waals surface area contributed by atoms with E-state index in [0.29, 0.717) is 5.92 Å². The minimum absolute atomic E-state index is 0.123. The van der Waals surface area contributed by atoms with E-state index in [9.17, 15) is 4.79 Å². The predicted molar refractivity (Wildman–Crippen MR) is 65.6 cm³/mol. The van der Waals surface area contributed by atoms with Crippen molar-refractivity contribution in [2.45, 2.75) is 25.3 Å². The number of hydrogen-bond acceptors (Lipinski definition) is 4. The van der Waals surface area contributed by atoms with E-state index in [0.717, 1.165) is 58.7 Å². The summed E-state index contributed by atoms with van der Waals surface area (Å²) in [7, 11) is 0. The first kappa shape index (κ1) is 12.8. The van der Waals surface area contributed by atoms with Crippen LogP contribution >= 0.6 is 0 Å². The van der Waals surface area contributed by atoms with Crippen LogP contribution in [0.2, 0.25) is 0 Å². The standard InChI is InChI=1S/C12H23N3O2/c13-11(9-10-1-7-17-8-2-10)12(16)15-5-3-14-4-6-15/h10-11,14H,1-9,13H2. The second-order valence-electron chi connectivity index (χ2n) is 4.97. The lowest BCUT2D eigenvalue weighted by atomic mass is 9.92. The summed E-state index contributed by atoms with van der Waals surface area (Å²) in [5.41, 5.74) is 6.03. The number of carbonyl (C=O) groups excluding carboxylic acids is 1. The van der Waals surface area contributed by atoms with Gasteiger partial charge in [-0.2, -0.15) is 0 Å². The smallest absolute Gasteiger partial charge is 0.239 e. The van der Waals surface area contributed by atoms with Gasteiger partial charge in [-0.3, -0.25) is 4.79 Å². The van der Waals surface area contributed by atoms with Crippen LogP contribution in [-0.4, -0.2) is 56.2 Å². The summed E-state index contributed by atoms with van der Waals surface area (Å²) in [4.78, 5) is 14.0. The number of ether oxygens (including phenoxy) is 1. The number of amides is 1. The van der Waals surface area contributed by atoms with Crippen LogP contribution in [0.4, 0.5) is 0 Å². The minimum Gasteiger partial charge on any atom is -0.381 e. The lowest BCUT2D eigenvalue weighted by Crippen LogP contribution is -2.52. The second-order valence-corrected chi connectivity index (χ2v) is 4.97. The normalized spacial score (nSPS) is 24.6. The van der Waals surface area contributed by atoms with Gasteiger partial charge in [-0.25, -0.2) is 0 Å². The average Bonchev–Trinajstić information content (AvgIpc) is 2.40. The van der Waals surface area contributed by atoms with Crippen molar-refractivity contribution in [3.63, 3.8) is 0 Å². The predicted octanol–water partition coefficient (Wildman–Crippen LogP) is -0.438. The Hall–Kier alpha value is -0.650. The van der Waals surface area contributed by atoms with Crippen LogP contribution in [-0.2, 0) is 9.53 Å². The van der Waals surface area contributed by atoms with Crippen molar-refractivity contribution >= 4 is 5.91 Å². The van der Waals surface area contributed by atoms with Crippen LogP contribution < -0.4 is 11.1 Å². The van der Waals surface area contributed by atoms with Gasteiger partial charge in [0.15, 0.2) is 0 Å². The highest BCUT2D eigenvalue weighted by Crippen LogP contribution is 2.20. The Morgan fingerprint density at radius 1 is 1.35 bits per heavy atom. The highest BCUT2D eigenvalue weighted by atomic mass is 16.5. The Bertz CT molecular complexity index is 248. The van der Waals surface area contributed by atoms with Crippen LogP contribution in [0.25, 0.3) is 0 Å². The summed E-state index contributed by atoms with van der Waals surface area (Å²) in [6.45, 7) is 4.99. The summed E-state index contributed by atoms with van der Waals surface area (Å²) in [5, 5.41) is 3.24. The van der Waals surface area contributed by atoms with E-state index in [2.05, 4.69) is 5.32 Å². The third-order valence-corrected chi connectivity index (χ3v) is 3.67. The third kappa shape index (κ3) is 3.66. The number of nitrogens with two attached hydrogens (primary N) is 1. The summed E-state index contributed by atoms with van der Waals surface area (Å²) in [6.07, 6.45) is 2.90. The Kier molecular flexibility index (Phi) is 4.76. The molecule has 0 aromatic heterocycles. The topological polar surface area (TPSA) is 67.6 Å². The van der Waals surface area contributed by atoms with Gasteiger partial charge >= 0.3 is 0 Å². The van der Waals surface area contributed by atoms with Crippen molar-refractivity contribution in [2.75, 3.05) is 39.4 Å². The summed E-state index contributed by atoms with van der Waals surface area (Å²) < 4.78 is 5.31. The highest BCUT2D eigenvalue weighted by Gasteiger charge is 2.25. The molecule has 2 aliphatic heterocycles. The SMILES string of the molecule is NC(CC1CCOCC1)C(=O)N1CCNCC1. The maximum Gasteiger partial charge on any atom is 0.239 e. The molecule has 0 aromatic rings. The van der Waals surface area contributed by atoms with E-state index in [4.69, 9.17) is 10.5 Å². The molecule has 2 heterocycles. The Balaban J connectivity index is 1.77. The van der Waals surface area contributed by atoms with E-state index in [1.165, 1.54) is 0 Å². The monoisotopic (exact) mass is 241 g/mol. The molecule has 2 saturated heterocycles. The fourth-order valence-corrected chi connectivity index (χ4v) is 2.56. The molecule has 0 saturated carbocycles. The molecule has 2 aliphatic rings.